The normalized spacial score (nSPS) is 42.8. The monoisotopic (exact) mass is 965 g/mol. The van der Waals surface area contributed by atoms with E-state index in [0.717, 1.165) is 0 Å². The van der Waals surface area contributed by atoms with Gasteiger partial charge >= 0.3 is 12.0 Å². The van der Waals surface area contributed by atoms with E-state index >= 15 is 0 Å². The molecule has 3 aliphatic rings. The van der Waals surface area contributed by atoms with Crippen LogP contribution in [0.4, 0.5) is 4.79 Å². The summed E-state index contributed by atoms with van der Waals surface area (Å²) in [5, 5.41) is 103. The predicted molar refractivity (Wildman–Crippen MR) is 254 cm³/mol. The van der Waals surface area contributed by atoms with Crippen LogP contribution < -0.4 is 22.1 Å². The Labute approximate surface area is 400 Å². The minimum Gasteiger partial charge on any atom is -0.462 e. The van der Waals surface area contributed by atoms with Crippen LogP contribution in [0.5, 0.6) is 0 Å². The largest absolute Gasteiger partial charge is 0.462 e. The third-order valence-corrected chi connectivity index (χ3v) is 12.4. The lowest BCUT2D eigenvalue weighted by atomic mass is 9.88. The predicted octanol–water partition coefficient (Wildman–Crippen LogP) is 0.667. The van der Waals surface area contributed by atoms with Crippen molar-refractivity contribution in [1.29, 1.82) is 0 Å². The number of ether oxygens (including phenoxy) is 4. The molecule has 0 aromatic heterocycles. The van der Waals surface area contributed by atoms with E-state index in [1.54, 1.807) is 51.2 Å². The molecule has 6 unspecified atom stereocenters. The number of cyclic esters (lactones) is 1. The van der Waals surface area contributed by atoms with E-state index in [0.29, 0.717) is 0 Å². The summed E-state index contributed by atoms with van der Waals surface area (Å²) < 4.78 is 23.8. The molecule has 0 aromatic carbocycles. The molecule has 0 saturated carbocycles. The van der Waals surface area contributed by atoms with E-state index in [2.05, 4.69) is 10.6 Å². The molecule has 3 aliphatic heterocycles. The number of aliphatic hydroxyl groups is 9. The summed E-state index contributed by atoms with van der Waals surface area (Å²) >= 11 is 0. The van der Waals surface area contributed by atoms with Crippen molar-refractivity contribution in [3.63, 3.8) is 0 Å². The molecular weight excluding hydrogens is 885 g/mol. The van der Waals surface area contributed by atoms with Crippen LogP contribution in [0.2, 0.25) is 0 Å². The number of urea groups is 1. The molecule has 0 aromatic rings. The van der Waals surface area contributed by atoms with Gasteiger partial charge in [0.1, 0.15) is 12.2 Å². The van der Waals surface area contributed by atoms with Crippen molar-refractivity contribution >= 4 is 12.0 Å². The number of allylic oxidation sites excluding steroid dienone is 12. The Kier molecular flexibility index (Phi) is 26.0. The fraction of sp³-hybridized carbons (Fsp3) is 0.673. The summed E-state index contributed by atoms with van der Waals surface area (Å²) in [5.41, 5.74) is 11.7. The maximum Gasteiger partial charge on any atom is 0.315 e. The Bertz CT molecular complexity index is 1710. The fourth-order valence-corrected chi connectivity index (χ4v) is 8.14. The number of esters is 1. The molecule has 2 bridgehead atoms. The number of rotatable bonds is 5. The zero-order chi connectivity index (χ0) is 50.4. The van der Waals surface area contributed by atoms with Gasteiger partial charge in [0.2, 0.25) is 0 Å². The number of hydrogen-bond donors (Lipinski definition) is 13. The van der Waals surface area contributed by atoms with Gasteiger partial charge in [0.15, 0.2) is 12.1 Å². The summed E-state index contributed by atoms with van der Waals surface area (Å²) in [6.45, 7) is 7.23. The molecule has 15 N–H and O–H groups in total. The van der Waals surface area contributed by atoms with Gasteiger partial charge in [-0.15, -0.1) is 0 Å². The second-order valence-electron chi connectivity index (χ2n) is 18.3. The summed E-state index contributed by atoms with van der Waals surface area (Å²) in [5.74, 6) is -3.40. The maximum atomic E-state index is 12.9. The number of aliphatic hydroxyl groups excluding tert-OH is 8. The maximum absolute atomic E-state index is 12.9. The van der Waals surface area contributed by atoms with Gasteiger partial charge in [-0.25, -0.2) is 4.79 Å². The summed E-state index contributed by atoms with van der Waals surface area (Å²) in [4.78, 5) is 25.5. The number of nitrogens with one attached hydrogen (secondary N) is 2. The Morgan fingerprint density at radius 3 is 1.96 bits per heavy atom. The van der Waals surface area contributed by atoms with Crippen LogP contribution >= 0.6 is 0 Å². The Morgan fingerprint density at radius 1 is 0.735 bits per heavy atom. The van der Waals surface area contributed by atoms with Crippen molar-refractivity contribution in [2.45, 2.75) is 183 Å². The lowest BCUT2D eigenvalue weighted by Gasteiger charge is -2.44. The average molecular weight is 965 g/mol. The van der Waals surface area contributed by atoms with Gasteiger partial charge in [0.05, 0.1) is 79.5 Å². The van der Waals surface area contributed by atoms with Crippen molar-refractivity contribution in [2.24, 2.45) is 23.3 Å². The highest BCUT2D eigenvalue weighted by Crippen LogP contribution is 2.35. The first kappa shape index (κ1) is 58.7. The van der Waals surface area contributed by atoms with Crippen molar-refractivity contribution in [1.82, 2.24) is 10.6 Å². The number of hydrogen-bond acceptors (Lipinski definition) is 17. The summed E-state index contributed by atoms with van der Waals surface area (Å²) in [6, 6.07) is -2.32. The van der Waals surface area contributed by atoms with Crippen molar-refractivity contribution in [3.8, 4) is 0 Å². The lowest BCUT2D eigenvalue weighted by Crippen LogP contribution is -2.62. The fourth-order valence-electron chi connectivity index (χ4n) is 8.14. The molecule has 2 saturated heterocycles. The van der Waals surface area contributed by atoms with Gasteiger partial charge in [-0.2, -0.15) is 0 Å². The summed E-state index contributed by atoms with van der Waals surface area (Å²) in [6.07, 6.45) is 8.83. The van der Waals surface area contributed by atoms with Gasteiger partial charge in [-0.1, -0.05) is 98.9 Å². The zero-order valence-electron chi connectivity index (χ0n) is 39.8. The van der Waals surface area contributed by atoms with Gasteiger partial charge < -0.3 is 87.0 Å². The number of fused-ring (bicyclic) bond motifs is 2. The van der Waals surface area contributed by atoms with E-state index in [1.165, 1.54) is 0 Å². The van der Waals surface area contributed by atoms with Crippen LogP contribution in [0.25, 0.3) is 0 Å². The van der Waals surface area contributed by atoms with Gasteiger partial charge in [-0.05, 0) is 39.5 Å². The first-order valence-corrected chi connectivity index (χ1v) is 23.8. The van der Waals surface area contributed by atoms with Crippen molar-refractivity contribution < 1.29 is 74.5 Å². The minimum atomic E-state index is -1.98. The van der Waals surface area contributed by atoms with Crippen LogP contribution in [-0.2, 0) is 23.7 Å². The van der Waals surface area contributed by atoms with E-state index in [9.17, 15) is 55.5 Å². The first-order chi connectivity index (χ1) is 32.2. The number of amides is 2. The van der Waals surface area contributed by atoms with Gasteiger partial charge in [0, 0.05) is 50.6 Å². The van der Waals surface area contributed by atoms with Gasteiger partial charge in [0.25, 0.3) is 0 Å². The molecule has 18 atom stereocenters. The molecule has 68 heavy (non-hydrogen) atoms. The average Bonchev–Trinajstić information content (AvgIpc) is 3.28. The third-order valence-electron chi connectivity index (χ3n) is 12.4. The molecular formula is C49H80N4O15. The molecule has 0 radical (unpaired) electrons. The van der Waals surface area contributed by atoms with Crippen LogP contribution in [0.1, 0.15) is 85.5 Å². The number of carbonyl (C=O) groups excluding carboxylic acids is 2. The second-order valence-corrected chi connectivity index (χ2v) is 18.3. The van der Waals surface area contributed by atoms with Crippen molar-refractivity contribution in [3.05, 3.63) is 85.1 Å². The number of carbonyl (C=O) groups is 2. The van der Waals surface area contributed by atoms with Crippen molar-refractivity contribution in [2.75, 3.05) is 13.1 Å². The zero-order valence-corrected chi connectivity index (χ0v) is 39.8. The molecule has 2 fully saturated rings. The lowest BCUT2D eigenvalue weighted by molar-refractivity contribution is -0.292. The van der Waals surface area contributed by atoms with E-state index < -0.39 is 128 Å². The quantitative estimate of drug-likeness (QED) is 0.168. The highest BCUT2D eigenvalue weighted by Gasteiger charge is 2.46. The van der Waals surface area contributed by atoms with Crippen LogP contribution in [0, 0.1) is 11.8 Å². The topological polar surface area (TPSA) is 329 Å². The Morgan fingerprint density at radius 2 is 1.34 bits per heavy atom. The van der Waals surface area contributed by atoms with E-state index in [-0.39, 0.29) is 64.0 Å². The molecule has 2 amide bonds. The second kappa shape index (κ2) is 30.2. The Balaban J connectivity index is 1.88. The molecule has 19 nitrogen and oxygen atoms in total. The molecule has 386 valence electrons. The van der Waals surface area contributed by atoms with Crippen LogP contribution in [0.15, 0.2) is 85.1 Å². The standard InChI is InChI=1S/C49H80N4O15/c1-30-17-15-13-11-9-7-5-6-8-10-12-14-16-18-37(67-47-46(62)43(51)45(61)33(4)66-47)28-41-38(53-48(63)52-24-23-50)21-22-49(64,68-41)29-36(56)26-40(58)39(57)20-19-34(54)25-35(55)27-42(59)65-32(3)31(2)44(30)60/h5-18,30-41,43-47,54-58,60-62,64H,19-29,50-51H2,1-4H3,(H2,52,53,63)/b6-5+,9-7+,10-8+,13-11+,14-12+,17-15+,18-16+/t30-,31-,32-,33?,34+,35+,36-,37-,38?,39+,40+,41-,43?,44+,45?,46?,47?,49-/m0/s1. The smallest absolute Gasteiger partial charge is 0.315 e. The van der Waals surface area contributed by atoms with Crippen LogP contribution in [0.3, 0.4) is 0 Å². The van der Waals surface area contributed by atoms with E-state index in [1.807, 2.05) is 61.6 Å². The highest BCUT2D eigenvalue weighted by molar-refractivity contribution is 5.74. The molecule has 3 rings (SSSR count). The number of nitrogens with two attached hydrogens (primary N) is 2. The Hall–Kier alpha value is -3.64. The molecule has 3 heterocycles. The molecule has 0 aliphatic carbocycles. The SMILES string of the molecule is CC1OC(O[C@H]2/C=C/C=C/C=C/C=C/C=C/C=C/C=C/[C@H](C)[C@@H](O)[C@@H](C)[C@H](C)OC(=O)C[C@H](O)C[C@H](O)CC[C@@H](O)[C@H](O)C[C@H](O)C[C@]3(O)CCC(NC(=O)NCCN)[C@H](C2)O3)C(O)C(N)C1O. The van der Waals surface area contributed by atoms with Crippen LogP contribution in [-0.4, -0.2) is 168 Å². The molecule has 0 spiro atoms. The van der Waals surface area contributed by atoms with Gasteiger partial charge in [-0.3, -0.25) is 4.79 Å². The summed E-state index contributed by atoms with van der Waals surface area (Å²) in [7, 11) is 0. The van der Waals surface area contributed by atoms with E-state index in [4.69, 9.17) is 30.4 Å². The first-order valence-electron chi connectivity index (χ1n) is 23.8. The highest BCUT2D eigenvalue weighted by atomic mass is 16.7. The minimum absolute atomic E-state index is 0.0304. The molecule has 19 heteroatoms. The third kappa shape index (κ3) is 20.8.